The molecule has 22 heavy (non-hydrogen) atoms. The van der Waals surface area contributed by atoms with Gasteiger partial charge in [0.05, 0.1) is 11.3 Å². The molecule has 2 aromatic carbocycles. The topological polar surface area (TPSA) is 35.2 Å². The molecule has 0 aliphatic heterocycles. The molecule has 1 atom stereocenters. The van der Waals surface area contributed by atoms with Crippen molar-refractivity contribution in [2.45, 2.75) is 32.4 Å². The van der Waals surface area contributed by atoms with Crippen molar-refractivity contribution in [3.05, 3.63) is 53.6 Å². The first-order chi connectivity index (χ1) is 10.3. The molecule has 118 valence electrons. The third-order valence-electron chi connectivity index (χ3n) is 3.63. The van der Waals surface area contributed by atoms with Crippen LogP contribution in [0.5, 0.6) is 11.5 Å². The lowest BCUT2D eigenvalue weighted by Gasteiger charge is -2.13. The van der Waals surface area contributed by atoms with Gasteiger partial charge < -0.3 is 10.5 Å². The first kappa shape index (κ1) is 16.2. The molecule has 5 heteroatoms. The van der Waals surface area contributed by atoms with Crippen LogP contribution in [0.4, 0.5) is 18.9 Å². The summed E-state index contributed by atoms with van der Waals surface area (Å²) in [6.45, 7) is 4.24. The minimum Gasteiger partial charge on any atom is -0.455 e. The molecule has 2 aromatic rings. The van der Waals surface area contributed by atoms with E-state index in [1.807, 2.05) is 12.1 Å². The Morgan fingerprint density at radius 2 is 1.73 bits per heavy atom. The van der Waals surface area contributed by atoms with Gasteiger partial charge in [-0.25, -0.2) is 0 Å². The van der Waals surface area contributed by atoms with Crippen LogP contribution >= 0.6 is 0 Å². The van der Waals surface area contributed by atoms with Gasteiger partial charge in [0.25, 0.3) is 0 Å². The lowest BCUT2D eigenvalue weighted by atomic mass is 9.99. The van der Waals surface area contributed by atoms with Gasteiger partial charge in [0.2, 0.25) is 0 Å². The minimum absolute atomic E-state index is 0.0409. The van der Waals surface area contributed by atoms with Crippen molar-refractivity contribution in [2.24, 2.45) is 0 Å². The molecule has 2 N–H and O–H groups in total. The number of halogens is 3. The molecule has 0 spiro atoms. The fraction of sp³-hybridized carbons (Fsp3) is 0.294. The van der Waals surface area contributed by atoms with Crippen molar-refractivity contribution in [2.75, 3.05) is 5.73 Å². The molecule has 0 saturated carbocycles. The fourth-order valence-corrected chi connectivity index (χ4v) is 2.04. The van der Waals surface area contributed by atoms with Gasteiger partial charge in [-0.15, -0.1) is 0 Å². The highest BCUT2D eigenvalue weighted by Crippen LogP contribution is 2.35. The van der Waals surface area contributed by atoms with Gasteiger partial charge in [-0.2, -0.15) is 13.2 Å². The molecular weight excluding hydrogens is 291 g/mol. The normalized spacial score (nSPS) is 13.0. The van der Waals surface area contributed by atoms with Gasteiger partial charge in [0.1, 0.15) is 11.5 Å². The number of rotatable bonds is 4. The van der Waals surface area contributed by atoms with Crippen LogP contribution in [-0.2, 0) is 6.18 Å². The van der Waals surface area contributed by atoms with Crippen LogP contribution in [0.15, 0.2) is 42.5 Å². The van der Waals surface area contributed by atoms with E-state index in [4.69, 9.17) is 10.5 Å². The number of hydrogen-bond acceptors (Lipinski definition) is 2. The van der Waals surface area contributed by atoms with Crippen LogP contribution in [-0.4, -0.2) is 0 Å². The van der Waals surface area contributed by atoms with Crippen molar-refractivity contribution in [1.29, 1.82) is 0 Å². The van der Waals surface area contributed by atoms with E-state index in [2.05, 4.69) is 13.8 Å². The Labute approximate surface area is 127 Å². The SMILES string of the molecule is CC[C@@H](C)c1ccc(Oc2ccc(C(F)(F)F)cc2N)cc1. The number of hydrogen-bond donors (Lipinski definition) is 1. The number of ether oxygens (including phenoxy) is 1. The Kier molecular flexibility index (Phi) is 4.64. The zero-order valence-corrected chi connectivity index (χ0v) is 12.4. The van der Waals surface area contributed by atoms with Crippen LogP contribution in [0.1, 0.15) is 37.3 Å². The van der Waals surface area contributed by atoms with E-state index in [9.17, 15) is 13.2 Å². The molecule has 0 aromatic heterocycles. The quantitative estimate of drug-likeness (QED) is 0.747. The molecule has 0 aliphatic rings. The number of benzene rings is 2. The Hall–Kier alpha value is -2.17. The first-order valence-electron chi connectivity index (χ1n) is 7.05. The smallest absolute Gasteiger partial charge is 0.416 e. The zero-order chi connectivity index (χ0) is 16.3. The van der Waals surface area contributed by atoms with E-state index in [0.717, 1.165) is 18.6 Å². The van der Waals surface area contributed by atoms with Gasteiger partial charge >= 0.3 is 6.18 Å². The van der Waals surface area contributed by atoms with E-state index in [-0.39, 0.29) is 11.4 Å². The second kappa shape index (κ2) is 6.30. The summed E-state index contributed by atoms with van der Waals surface area (Å²) in [6.07, 6.45) is -3.38. The van der Waals surface area contributed by atoms with Gasteiger partial charge in [-0.1, -0.05) is 26.0 Å². The van der Waals surface area contributed by atoms with Crippen molar-refractivity contribution in [3.63, 3.8) is 0 Å². The third kappa shape index (κ3) is 3.72. The van der Waals surface area contributed by atoms with Gasteiger partial charge in [-0.05, 0) is 48.2 Å². The molecule has 2 nitrogen and oxygen atoms in total. The molecule has 0 amide bonds. The predicted molar refractivity (Wildman–Crippen MR) is 81.1 cm³/mol. The van der Waals surface area contributed by atoms with Gasteiger partial charge in [0.15, 0.2) is 0 Å². The van der Waals surface area contributed by atoms with Crippen LogP contribution < -0.4 is 10.5 Å². The molecule has 0 aliphatic carbocycles. The first-order valence-corrected chi connectivity index (χ1v) is 7.05. The summed E-state index contributed by atoms with van der Waals surface area (Å²) in [5.41, 5.74) is 6.00. The molecule has 0 radical (unpaired) electrons. The van der Waals surface area contributed by atoms with E-state index in [1.54, 1.807) is 12.1 Å². The van der Waals surface area contributed by atoms with Crippen LogP contribution in [0.2, 0.25) is 0 Å². The van der Waals surface area contributed by atoms with E-state index in [1.165, 1.54) is 11.6 Å². The average molecular weight is 309 g/mol. The predicted octanol–water partition coefficient (Wildman–Crippen LogP) is 5.59. The van der Waals surface area contributed by atoms with Crippen molar-refractivity contribution < 1.29 is 17.9 Å². The molecule has 2 rings (SSSR count). The van der Waals surface area contributed by atoms with E-state index >= 15 is 0 Å². The molecule has 0 saturated heterocycles. The molecule has 0 unspecified atom stereocenters. The van der Waals surface area contributed by atoms with Crippen molar-refractivity contribution >= 4 is 5.69 Å². The van der Waals surface area contributed by atoms with Crippen LogP contribution in [0.25, 0.3) is 0 Å². The largest absolute Gasteiger partial charge is 0.455 e. The summed E-state index contributed by atoms with van der Waals surface area (Å²) in [6, 6.07) is 10.5. The van der Waals surface area contributed by atoms with Crippen molar-refractivity contribution in [3.8, 4) is 11.5 Å². The monoisotopic (exact) mass is 309 g/mol. The Morgan fingerprint density at radius 3 is 2.23 bits per heavy atom. The number of nitrogens with two attached hydrogens (primary N) is 1. The van der Waals surface area contributed by atoms with Gasteiger partial charge in [-0.3, -0.25) is 0 Å². The second-order valence-corrected chi connectivity index (χ2v) is 5.23. The summed E-state index contributed by atoms with van der Waals surface area (Å²) >= 11 is 0. The Morgan fingerprint density at radius 1 is 1.09 bits per heavy atom. The maximum atomic E-state index is 12.6. The fourth-order valence-electron chi connectivity index (χ4n) is 2.04. The summed E-state index contributed by atoms with van der Waals surface area (Å²) in [5.74, 6) is 1.20. The number of anilines is 1. The maximum Gasteiger partial charge on any atom is 0.416 e. The van der Waals surface area contributed by atoms with Crippen LogP contribution in [0, 0.1) is 0 Å². The number of nitrogen functional groups attached to an aromatic ring is 1. The Balaban J connectivity index is 2.17. The highest BCUT2D eigenvalue weighted by atomic mass is 19.4. The summed E-state index contributed by atoms with van der Waals surface area (Å²) in [4.78, 5) is 0. The standard InChI is InChI=1S/C17H18F3NO/c1-3-11(2)12-4-7-14(8-5-12)22-16-9-6-13(10-15(16)21)17(18,19)20/h4-11H,3,21H2,1-2H3/t11-/m1/s1. The maximum absolute atomic E-state index is 12.6. The molecule has 0 bridgehead atoms. The molecular formula is C17H18F3NO. The van der Waals surface area contributed by atoms with Crippen molar-refractivity contribution in [1.82, 2.24) is 0 Å². The summed E-state index contributed by atoms with van der Waals surface area (Å²) in [5, 5.41) is 0. The highest BCUT2D eigenvalue weighted by Gasteiger charge is 2.30. The average Bonchev–Trinajstić information content (AvgIpc) is 2.48. The highest BCUT2D eigenvalue weighted by molar-refractivity contribution is 5.56. The minimum atomic E-state index is -4.41. The van der Waals surface area contributed by atoms with E-state index < -0.39 is 11.7 Å². The lowest BCUT2D eigenvalue weighted by molar-refractivity contribution is -0.137. The number of alkyl halides is 3. The second-order valence-electron chi connectivity index (χ2n) is 5.23. The van der Waals surface area contributed by atoms with E-state index in [0.29, 0.717) is 11.7 Å². The van der Waals surface area contributed by atoms with Gasteiger partial charge in [0, 0.05) is 0 Å². The Bertz CT molecular complexity index is 635. The summed E-state index contributed by atoms with van der Waals surface area (Å²) in [7, 11) is 0. The summed E-state index contributed by atoms with van der Waals surface area (Å²) < 4.78 is 43.3. The molecule has 0 fully saturated rings. The lowest BCUT2D eigenvalue weighted by Crippen LogP contribution is -2.06. The third-order valence-corrected chi connectivity index (χ3v) is 3.63. The van der Waals surface area contributed by atoms with Crippen LogP contribution in [0.3, 0.4) is 0 Å². The zero-order valence-electron chi connectivity index (χ0n) is 12.4. The molecule has 0 heterocycles.